The molecule has 0 amide bonds. The first-order valence-electron chi connectivity index (χ1n) is 12.1. The van der Waals surface area contributed by atoms with Crippen molar-refractivity contribution < 1.29 is 9.13 Å². The van der Waals surface area contributed by atoms with Crippen molar-refractivity contribution in [3.63, 3.8) is 0 Å². The van der Waals surface area contributed by atoms with E-state index in [1.165, 1.54) is 12.4 Å². The molecule has 0 fully saturated rings. The highest BCUT2D eigenvalue weighted by Crippen LogP contribution is 2.44. The first-order valence-corrected chi connectivity index (χ1v) is 12.4. The average Bonchev–Trinajstić information content (AvgIpc) is 2.84. The summed E-state index contributed by atoms with van der Waals surface area (Å²) in [7, 11) is 7.66. The SMILES string of the molecule is COc1cc(N(C)CCN(C)C)c(N)cc1Nc1ncnc(N2CCC(C)(C)c3cc(F)c(Cl)cc32)n1. The molecule has 1 aromatic heterocycles. The van der Waals surface area contributed by atoms with Crippen LogP contribution in [-0.2, 0) is 5.41 Å². The minimum Gasteiger partial charge on any atom is -0.494 e. The Morgan fingerprint density at radius 1 is 1.16 bits per heavy atom. The summed E-state index contributed by atoms with van der Waals surface area (Å²) in [5, 5.41) is 3.27. The number of halogens is 2. The Labute approximate surface area is 222 Å². The van der Waals surface area contributed by atoms with Crippen LogP contribution in [0.1, 0.15) is 25.8 Å². The van der Waals surface area contributed by atoms with Gasteiger partial charge >= 0.3 is 0 Å². The number of methoxy groups -OCH3 is 1. The van der Waals surface area contributed by atoms with Crippen LogP contribution < -0.4 is 25.6 Å². The number of hydrogen-bond donors (Lipinski definition) is 2. The number of hydrogen-bond acceptors (Lipinski definition) is 9. The van der Waals surface area contributed by atoms with Crippen LogP contribution in [0.4, 0.5) is 39.0 Å². The van der Waals surface area contributed by atoms with E-state index < -0.39 is 5.82 Å². The Morgan fingerprint density at radius 3 is 2.62 bits per heavy atom. The van der Waals surface area contributed by atoms with Gasteiger partial charge in [0.05, 0.1) is 29.2 Å². The predicted octanol–water partition coefficient (Wildman–Crippen LogP) is 4.82. The lowest BCUT2D eigenvalue weighted by atomic mass is 9.77. The number of rotatable bonds is 8. The molecule has 1 aliphatic heterocycles. The van der Waals surface area contributed by atoms with Crippen LogP contribution in [0.3, 0.4) is 0 Å². The molecule has 2 aromatic carbocycles. The number of nitrogens with zero attached hydrogens (tertiary/aromatic N) is 6. The Hall–Kier alpha value is -3.37. The maximum absolute atomic E-state index is 14.3. The van der Waals surface area contributed by atoms with Gasteiger partial charge in [-0.05, 0) is 49.7 Å². The van der Waals surface area contributed by atoms with Crippen LogP contribution in [0.5, 0.6) is 5.75 Å². The van der Waals surface area contributed by atoms with E-state index in [0.29, 0.717) is 35.6 Å². The second-order valence-electron chi connectivity index (χ2n) is 10.1. The molecule has 0 unspecified atom stereocenters. The minimum absolute atomic E-state index is 0.0599. The van der Waals surface area contributed by atoms with Gasteiger partial charge in [0.15, 0.2) is 0 Å². The lowest BCUT2D eigenvalue weighted by molar-refractivity contribution is 0.413. The van der Waals surface area contributed by atoms with Crippen molar-refractivity contribution in [1.29, 1.82) is 0 Å². The zero-order valence-corrected chi connectivity index (χ0v) is 22.9. The second kappa shape index (κ2) is 10.5. The number of ether oxygens (including phenoxy) is 1. The highest BCUT2D eigenvalue weighted by molar-refractivity contribution is 6.31. The highest BCUT2D eigenvalue weighted by Gasteiger charge is 2.34. The van der Waals surface area contributed by atoms with Gasteiger partial charge in [-0.15, -0.1) is 0 Å². The van der Waals surface area contributed by atoms with Gasteiger partial charge in [-0.25, -0.2) is 14.4 Å². The van der Waals surface area contributed by atoms with Gasteiger partial charge in [-0.2, -0.15) is 4.98 Å². The lowest BCUT2D eigenvalue weighted by Crippen LogP contribution is -2.35. The molecule has 198 valence electrons. The number of likely N-dealkylation sites (N-methyl/N-ethyl adjacent to an activating group) is 2. The molecule has 2 heterocycles. The van der Waals surface area contributed by atoms with E-state index in [0.717, 1.165) is 36.4 Å². The first-order chi connectivity index (χ1) is 17.5. The van der Waals surface area contributed by atoms with E-state index in [9.17, 15) is 4.39 Å². The molecule has 0 radical (unpaired) electrons. The number of benzene rings is 2. The Bertz CT molecular complexity index is 1290. The van der Waals surface area contributed by atoms with E-state index in [4.69, 9.17) is 22.1 Å². The van der Waals surface area contributed by atoms with Gasteiger partial charge in [-0.3, -0.25) is 0 Å². The Morgan fingerprint density at radius 2 is 1.92 bits per heavy atom. The number of anilines is 6. The Balaban J connectivity index is 1.63. The monoisotopic (exact) mass is 528 g/mol. The molecular weight excluding hydrogens is 495 g/mol. The van der Waals surface area contributed by atoms with Crippen LogP contribution in [0.2, 0.25) is 5.02 Å². The lowest BCUT2D eigenvalue weighted by Gasteiger charge is -2.39. The van der Waals surface area contributed by atoms with Crippen LogP contribution in [0.15, 0.2) is 30.6 Å². The average molecular weight is 529 g/mol. The predicted molar refractivity (Wildman–Crippen MR) is 148 cm³/mol. The fraction of sp³-hybridized carbons (Fsp3) is 0.423. The van der Waals surface area contributed by atoms with Crippen molar-refractivity contribution in [1.82, 2.24) is 19.9 Å². The quantitative estimate of drug-likeness (QED) is 0.399. The molecule has 9 nitrogen and oxygen atoms in total. The molecule has 3 aromatic rings. The highest BCUT2D eigenvalue weighted by atomic mass is 35.5. The summed E-state index contributed by atoms with van der Waals surface area (Å²) < 4.78 is 20.0. The molecule has 0 bridgehead atoms. The van der Waals surface area contributed by atoms with Crippen LogP contribution in [-0.4, -0.2) is 67.7 Å². The van der Waals surface area contributed by atoms with Gasteiger partial charge in [0.2, 0.25) is 11.9 Å². The zero-order chi connectivity index (χ0) is 26.9. The number of nitrogens with one attached hydrogen (secondary N) is 1. The molecule has 37 heavy (non-hydrogen) atoms. The standard InChI is InChI=1S/C26H34ClFN8O/c1-26(2)7-8-36(21-12-17(27)18(28)11-16(21)26)25-31-15-30-24(33-25)32-20-13-19(29)22(14-23(20)37-6)35(5)10-9-34(3)4/h11-15H,7-10,29H2,1-6H3,(H,30,31,32,33). The Kier molecular flexibility index (Phi) is 7.61. The van der Waals surface area contributed by atoms with Gasteiger partial charge < -0.3 is 30.5 Å². The van der Waals surface area contributed by atoms with Gasteiger partial charge in [-0.1, -0.05) is 25.4 Å². The fourth-order valence-electron chi connectivity index (χ4n) is 4.41. The first kappa shape index (κ1) is 26.7. The van der Waals surface area contributed by atoms with Gasteiger partial charge in [0, 0.05) is 38.4 Å². The molecule has 4 rings (SSSR count). The fourth-order valence-corrected chi connectivity index (χ4v) is 4.57. The van der Waals surface area contributed by atoms with E-state index in [2.05, 4.69) is 43.9 Å². The largest absolute Gasteiger partial charge is 0.494 e. The molecule has 0 atom stereocenters. The van der Waals surface area contributed by atoms with Crippen molar-refractivity contribution in [2.45, 2.75) is 25.7 Å². The summed E-state index contributed by atoms with van der Waals surface area (Å²) in [6.45, 7) is 6.53. The maximum Gasteiger partial charge on any atom is 0.234 e. The zero-order valence-electron chi connectivity index (χ0n) is 22.1. The van der Waals surface area contributed by atoms with Crippen LogP contribution in [0.25, 0.3) is 0 Å². The molecule has 0 saturated heterocycles. The summed E-state index contributed by atoms with van der Waals surface area (Å²) in [5.41, 5.74) is 9.94. The van der Waals surface area contributed by atoms with Gasteiger partial charge in [0.1, 0.15) is 17.9 Å². The van der Waals surface area contributed by atoms with E-state index >= 15 is 0 Å². The number of aromatic nitrogens is 3. The smallest absolute Gasteiger partial charge is 0.234 e. The summed E-state index contributed by atoms with van der Waals surface area (Å²) in [4.78, 5) is 19.5. The second-order valence-corrected chi connectivity index (χ2v) is 10.5. The number of nitrogens with two attached hydrogens (primary N) is 1. The van der Waals surface area contributed by atoms with Crippen molar-refractivity contribution in [2.75, 3.05) is 68.7 Å². The van der Waals surface area contributed by atoms with Crippen LogP contribution >= 0.6 is 11.6 Å². The van der Waals surface area contributed by atoms with Crippen LogP contribution in [0, 0.1) is 5.82 Å². The minimum atomic E-state index is -0.436. The maximum atomic E-state index is 14.3. The molecule has 0 spiro atoms. The molecule has 0 aliphatic carbocycles. The normalized spacial score (nSPS) is 14.5. The topological polar surface area (TPSA) is 95.7 Å². The third-order valence-corrected chi connectivity index (χ3v) is 7.00. The number of nitrogen functional groups attached to an aromatic ring is 1. The van der Waals surface area contributed by atoms with E-state index in [1.807, 2.05) is 38.2 Å². The van der Waals surface area contributed by atoms with Gasteiger partial charge in [0.25, 0.3) is 0 Å². The summed E-state index contributed by atoms with van der Waals surface area (Å²) in [5.74, 6) is 0.934. The summed E-state index contributed by atoms with van der Waals surface area (Å²) in [6.07, 6.45) is 2.23. The molecule has 11 heteroatoms. The van der Waals surface area contributed by atoms with E-state index in [1.54, 1.807) is 13.2 Å². The van der Waals surface area contributed by atoms with Crippen molar-refractivity contribution in [3.8, 4) is 5.75 Å². The summed E-state index contributed by atoms with van der Waals surface area (Å²) >= 11 is 6.15. The van der Waals surface area contributed by atoms with E-state index in [-0.39, 0.29) is 10.4 Å². The molecule has 3 N–H and O–H groups in total. The third-order valence-electron chi connectivity index (χ3n) is 6.71. The number of fused-ring (bicyclic) bond motifs is 1. The summed E-state index contributed by atoms with van der Waals surface area (Å²) in [6, 6.07) is 6.86. The van der Waals surface area contributed by atoms with Crippen molar-refractivity contribution in [2.24, 2.45) is 0 Å². The van der Waals surface area contributed by atoms with Crippen molar-refractivity contribution >= 4 is 46.2 Å². The molecule has 0 saturated carbocycles. The third kappa shape index (κ3) is 5.65. The molecular formula is C26H34ClFN8O. The molecule has 1 aliphatic rings. The van der Waals surface area contributed by atoms with Crippen molar-refractivity contribution in [3.05, 3.63) is 47.0 Å².